The fourth-order valence-electron chi connectivity index (χ4n) is 3.65. The van der Waals surface area contributed by atoms with E-state index in [1.165, 1.54) is 0 Å². The molecule has 5 aromatic rings. The molecule has 2 aromatic heterocycles. The molecule has 0 spiro atoms. The molecule has 31 heavy (non-hydrogen) atoms. The summed E-state index contributed by atoms with van der Waals surface area (Å²) >= 11 is 6.31. The van der Waals surface area contributed by atoms with Gasteiger partial charge in [-0.1, -0.05) is 48.0 Å². The molecule has 0 amide bonds. The largest absolute Gasteiger partial charge is 0.497 e. The molecule has 0 unspecified atom stereocenters. The number of fused-ring (bicyclic) bond motifs is 3. The van der Waals surface area contributed by atoms with Crippen LogP contribution in [0.5, 0.6) is 11.6 Å². The normalized spacial score (nSPS) is 11.2. The van der Waals surface area contributed by atoms with Gasteiger partial charge in [-0.05, 0) is 42.0 Å². The number of halogens is 1. The van der Waals surface area contributed by atoms with Crippen molar-refractivity contribution in [2.75, 3.05) is 13.7 Å². The Labute approximate surface area is 184 Å². The molecule has 0 aliphatic rings. The van der Waals surface area contributed by atoms with Gasteiger partial charge in [-0.2, -0.15) is 9.78 Å². The van der Waals surface area contributed by atoms with Crippen LogP contribution in [0.15, 0.2) is 79.0 Å². The van der Waals surface area contributed by atoms with Crippen molar-refractivity contribution in [3.63, 3.8) is 0 Å². The number of nitrogens with zero attached hydrogens (tertiary/aromatic N) is 3. The minimum atomic E-state index is 0.466. The highest BCUT2D eigenvalue weighted by atomic mass is 35.5. The number of pyridine rings is 1. The zero-order valence-corrected chi connectivity index (χ0v) is 17.7. The van der Waals surface area contributed by atoms with Gasteiger partial charge in [-0.15, -0.1) is 0 Å². The molecule has 0 aliphatic heterocycles. The third-order valence-electron chi connectivity index (χ3n) is 5.25. The molecule has 0 atom stereocenters. The van der Waals surface area contributed by atoms with E-state index in [2.05, 4.69) is 4.98 Å². The fourth-order valence-corrected chi connectivity index (χ4v) is 3.88. The number of hydrogen-bond acceptors (Lipinski definition) is 4. The molecule has 5 nitrogen and oxygen atoms in total. The van der Waals surface area contributed by atoms with E-state index < -0.39 is 0 Å². The van der Waals surface area contributed by atoms with Gasteiger partial charge >= 0.3 is 0 Å². The number of benzene rings is 3. The second kappa shape index (κ2) is 8.28. The van der Waals surface area contributed by atoms with E-state index in [1.807, 2.05) is 83.7 Å². The SMILES string of the molecule is COc1ccc(-n2nc3c(cnc4ccccc43)c2OCCc2ccccc2Cl)cc1. The first kappa shape index (κ1) is 19.4. The summed E-state index contributed by atoms with van der Waals surface area (Å²) in [7, 11) is 1.65. The van der Waals surface area contributed by atoms with Gasteiger partial charge < -0.3 is 9.47 Å². The lowest BCUT2D eigenvalue weighted by atomic mass is 10.1. The highest BCUT2D eigenvalue weighted by molar-refractivity contribution is 6.31. The van der Waals surface area contributed by atoms with Gasteiger partial charge in [0, 0.05) is 23.0 Å². The van der Waals surface area contributed by atoms with Crippen LogP contribution in [0.25, 0.3) is 27.5 Å². The molecule has 3 aromatic carbocycles. The third-order valence-corrected chi connectivity index (χ3v) is 5.62. The molecule has 0 fully saturated rings. The van der Waals surface area contributed by atoms with Crippen molar-refractivity contribution >= 4 is 33.4 Å². The van der Waals surface area contributed by atoms with Crippen LogP contribution in [0.1, 0.15) is 5.56 Å². The second-order valence-electron chi connectivity index (χ2n) is 7.14. The summed E-state index contributed by atoms with van der Waals surface area (Å²) in [5.41, 5.74) is 3.69. The quantitative estimate of drug-likeness (QED) is 0.339. The number of rotatable bonds is 6. The Morgan fingerprint density at radius 3 is 2.48 bits per heavy atom. The Bertz CT molecular complexity index is 1360. The number of para-hydroxylation sites is 1. The summed E-state index contributed by atoms with van der Waals surface area (Å²) in [4.78, 5) is 4.61. The number of methoxy groups -OCH3 is 1. The molecule has 0 aliphatic carbocycles. The first-order chi connectivity index (χ1) is 15.2. The van der Waals surface area contributed by atoms with Crippen LogP contribution in [0.2, 0.25) is 5.02 Å². The van der Waals surface area contributed by atoms with Gasteiger partial charge in [-0.3, -0.25) is 4.98 Å². The molecule has 2 heterocycles. The average Bonchev–Trinajstić information content (AvgIpc) is 3.19. The van der Waals surface area contributed by atoms with E-state index in [4.69, 9.17) is 26.2 Å². The molecular weight excluding hydrogens is 410 g/mol. The Morgan fingerprint density at radius 2 is 1.68 bits per heavy atom. The first-order valence-electron chi connectivity index (χ1n) is 10.0. The fraction of sp³-hybridized carbons (Fsp3) is 0.120. The number of ether oxygens (including phenoxy) is 2. The molecule has 154 valence electrons. The van der Waals surface area contributed by atoms with Crippen LogP contribution in [0.3, 0.4) is 0 Å². The predicted octanol–water partition coefficient (Wildman–Crippen LogP) is 5.86. The third kappa shape index (κ3) is 3.68. The lowest BCUT2D eigenvalue weighted by molar-refractivity contribution is 0.303. The van der Waals surface area contributed by atoms with Crippen molar-refractivity contribution < 1.29 is 9.47 Å². The van der Waals surface area contributed by atoms with Gasteiger partial charge in [0.1, 0.15) is 11.3 Å². The van der Waals surface area contributed by atoms with Gasteiger partial charge in [0.2, 0.25) is 5.88 Å². The van der Waals surface area contributed by atoms with E-state index >= 15 is 0 Å². The molecule has 0 saturated carbocycles. The lowest BCUT2D eigenvalue weighted by Crippen LogP contribution is -2.07. The molecular formula is C25H20ClN3O2. The van der Waals surface area contributed by atoms with Crippen LogP contribution in [-0.2, 0) is 6.42 Å². The monoisotopic (exact) mass is 429 g/mol. The molecule has 5 rings (SSSR count). The smallest absolute Gasteiger partial charge is 0.226 e. The van der Waals surface area contributed by atoms with Crippen molar-refractivity contribution in [1.29, 1.82) is 0 Å². The second-order valence-corrected chi connectivity index (χ2v) is 7.55. The highest BCUT2D eigenvalue weighted by Gasteiger charge is 2.17. The van der Waals surface area contributed by atoms with Crippen LogP contribution >= 0.6 is 11.6 Å². The first-order valence-corrected chi connectivity index (χ1v) is 10.4. The highest BCUT2D eigenvalue weighted by Crippen LogP contribution is 2.33. The van der Waals surface area contributed by atoms with E-state index in [0.717, 1.165) is 43.8 Å². The number of hydrogen-bond donors (Lipinski definition) is 0. The van der Waals surface area contributed by atoms with E-state index in [0.29, 0.717) is 18.9 Å². The Morgan fingerprint density at radius 1 is 0.903 bits per heavy atom. The van der Waals surface area contributed by atoms with Crippen LogP contribution in [-0.4, -0.2) is 28.5 Å². The molecule has 0 saturated heterocycles. The summed E-state index contributed by atoms with van der Waals surface area (Å²) in [5, 5.41) is 7.50. The van der Waals surface area contributed by atoms with Crippen molar-refractivity contribution in [3.8, 4) is 17.3 Å². The molecule has 0 bridgehead atoms. The maximum atomic E-state index is 6.31. The zero-order chi connectivity index (χ0) is 21.2. The van der Waals surface area contributed by atoms with Crippen molar-refractivity contribution in [3.05, 3.63) is 89.6 Å². The molecule has 6 heteroatoms. The van der Waals surface area contributed by atoms with Crippen LogP contribution in [0.4, 0.5) is 0 Å². The molecule has 0 N–H and O–H groups in total. The van der Waals surface area contributed by atoms with Gasteiger partial charge in [-0.25, -0.2) is 0 Å². The summed E-state index contributed by atoms with van der Waals surface area (Å²) in [6, 6.07) is 23.5. The van der Waals surface area contributed by atoms with Crippen molar-refractivity contribution in [2.45, 2.75) is 6.42 Å². The standard InChI is InChI=1S/C25H20ClN3O2/c1-30-19-12-10-18(11-13-19)29-25(31-15-14-17-6-2-4-8-22(17)26)21-16-27-23-9-5-3-7-20(23)24(21)28-29/h2-13,16H,14-15H2,1H3. The summed E-state index contributed by atoms with van der Waals surface area (Å²) in [6.07, 6.45) is 2.52. The predicted molar refractivity (Wildman–Crippen MR) is 124 cm³/mol. The van der Waals surface area contributed by atoms with Crippen molar-refractivity contribution in [2.24, 2.45) is 0 Å². The van der Waals surface area contributed by atoms with Crippen LogP contribution in [0, 0.1) is 0 Å². The maximum Gasteiger partial charge on any atom is 0.226 e. The minimum absolute atomic E-state index is 0.466. The average molecular weight is 430 g/mol. The van der Waals surface area contributed by atoms with Gasteiger partial charge in [0.25, 0.3) is 0 Å². The van der Waals surface area contributed by atoms with Crippen LogP contribution < -0.4 is 9.47 Å². The zero-order valence-electron chi connectivity index (χ0n) is 17.0. The maximum absolute atomic E-state index is 6.31. The van der Waals surface area contributed by atoms with E-state index in [-0.39, 0.29) is 0 Å². The van der Waals surface area contributed by atoms with E-state index in [1.54, 1.807) is 7.11 Å². The summed E-state index contributed by atoms with van der Waals surface area (Å²) in [6.45, 7) is 0.466. The van der Waals surface area contributed by atoms with Crippen molar-refractivity contribution in [1.82, 2.24) is 14.8 Å². The Kier molecular flexibility index (Phi) is 5.18. The number of aromatic nitrogens is 3. The lowest BCUT2D eigenvalue weighted by Gasteiger charge is -2.11. The van der Waals surface area contributed by atoms with Gasteiger partial charge in [0.15, 0.2) is 0 Å². The van der Waals surface area contributed by atoms with Gasteiger partial charge in [0.05, 0.1) is 30.3 Å². The minimum Gasteiger partial charge on any atom is -0.497 e. The van der Waals surface area contributed by atoms with E-state index in [9.17, 15) is 0 Å². The summed E-state index contributed by atoms with van der Waals surface area (Å²) in [5.74, 6) is 1.44. The Hall–Kier alpha value is -3.57. The Balaban J connectivity index is 1.58. The molecule has 0 radical (unpaired) electrons. The summed E-state index contributed by atoms with van der Waals surface area (Å²) < 4.78 is 13.4. The topological polar surface area (TPSA) is 49.2 Å².